The summed E-state index contributed by atoms with van der Waals surface area (Å²) in [5, 5.41) is 0. The summed E-state index contributed by atoms with van der Waals surface area (Å²) in [5.74, 6) is -0.642. The van der Waals surface area contributed by atoms with Crippen molar-refractivity contribution in [2.45, 2.75) is 40.0 Å². The predicted octanol–water partition coefficient (Wildman–Crippen LogP) is 3.85. The third-order valence-electron chi connectivity index (χ3n) is 4.70. The zero-order chi connectivity index (χ0) is 16.9. The molecule has 0 amide bonds. The molecule has 0 saturated heterocycles. The molecule has 1 aromatic carbocycles. The Bertz CT molecular complexity index is 536. The lowest BCUT2D eigenvalue weighted by molar-refractivity contribution is -0.146. The molecule has 1 aliphatic rings. The average Bonchev–Trinajstić information content (AvgIpc) is 3.11. The second kappa shape index (κ2) is 7.62. The Labute approximate surface area is 138 Å². The van der Waals surface area contributed by atoms with Gasteiger partial charge in [0, 0.05) is 5.92 Å². The number of benzene rings is 1. The van der Waals surface area contributed by atoms with Crippen LogP contribution in [0.2, 0.25) is 0 Å². The number of hydrogen-bond donors (Lipinski definition) is 0. The van der Waals surface area contributed by atoms with E-state index in [0.29, 0.717) is 12.2 Å². The van der Waals surface area contributed by atoms with Gasteiger partial charge in [-0.2, -0.15) is 0 Å². The molecule has 1 fully saturated rings. The summed E-state index contributed by atoms with van der Waals surface area (Å²) in [6.45, 7) is 6.89. The fourth-order valence-corrected chi connectivity index (χ4v) is 2.96. The van der Waals surface area contributed by atoms with Crippen molar-refractivity contribution >= 4 is 11.9 Å². The highest BCUT2D eigenvalue weighted by atomic mass is 16.5. The highest BCUT2D eigenvalue weighted by Gasteiger charge is 2.63. The van der Waals surface area contributed by atoms with E-state index in [4.69, 9.17) is 9.47 Å². The van der Waals surface area contributed by atoms with Crippen molar-refractivity contribution in [1.82, 2.24) is 0 Å². The first kappa shape index (κ1) is 17.5. The molecule has 0 spiro atoms. The lowest BCUT2D eigenvalue weighted by atomic mass is 10.1. The van der Waals surface area contributed by atoms with Crippen LogP contribution in [-0.4, -0.2) is 25.2 Å². The maximum absolute atomic E-state index is 12.1. The van der Waals surface area contributed by atoms with E-state index >= 15 is 0 Å². The van der Waals surface area contributed by atoms with Gasteiger partial charge < -0.3 is 9.47 Å². The van der Waals surface area contributed by atoms with Crippen LogP contribution in [0.1, 0.15) is 50.4 Å². The fourth-order valence-electron chi connectivity index (χ4n) is 2.96. The summed E-state index contributed by atoms with van der Waals surface area (Å²) >= 11 is 0. The second-order valence-electron chi connectivity index (χ2n) is 6.74. The molecule has 0 bridgehead atoms. The van der Waals surface area contributed by atoms with Gasteiger partial charge in [0.2, 0.25) is 0 Å². The minimum Gasteiger partial charge on any atom is -0.465 e. The van der Waals surface area contributed by atoms with Crippen molar-refractivity contribution in [1.29, 1.82) is 0 Å². The molecule has 1 saturated carbocycles. The van der Waals surface area contributed by atoms with Crippen LogP contribution in [0.25, 0.3) is 0 Å². The monoisotopic (exact) mass is 318 g/mol. The predicted molar refractivity (Wildman–Crippen MR) is 88.0 cm³/mol. The molecule has 1 aliphatic carbocycles. The van der Waals surface area contributed by atoms with Crippen LogP contribution in [0.5, 0.6) is 0 Å². The van der Waals surface area contributed by atoms with Crippen LogP contribution in [0.3, 0.4) is 0 Å². The summed E-state index contributed by atoms with van der Waals surface area (Å²) in [6.07, 6.45) is 3.08. The Morgan fingerprint density at radius 2 is 1.78 bits per heavy atom. The summed E-state index contributed by atoms with van der Waals surface area (Å²) < 4.78 is 10.7. The molecule has 0 aromatic heterocycles. The van der Waals surface area contributed by atoms with Gasteiger partial charge in [0.25, 0.3) is 0 Å². The van der Waals surface area contributed by atoms with E-state index in [-0.39, 0.29) is 35.8 Å². The van der Waals surface area contributed by atoms with Crippen LogP contribution in [-0.2, 0) is 14.3 Å². The van der Waals surface area contributed by atoms with Gasteiger partial charge in [-0.3, -0.25) is 4.79 Å². The Balaban J connectivity index is 1.79. The minimum absolute atomic E-state index is 0.0360. The van der Waals surface area contributed by atoms with Gasteiger partial charge >= 0.3 is 11.9 Å². The van der Waals surface area contributed by atoms with Gasteiger partial charge in [-0.25, -0.2) is 4.79 Å². The summed E-state index contributed by atoms with van der Waals surface area (Å²) in [5.41, 5.74) is 0.364. The van der Waals surface area contributed by atoms with Crippen molar-refractivity contribution < 1.29 is 19.1 Å². The number of hydrogen-bond acceptors (Lipinski definition) is 4. The Hall–Kier alpha value is -1.84. The third-order valence-corrected chi connectivity index (χ3v) is 4.70. The first-order valence-corrected chi connectivity index (χ1v) is 8.37. The quantitative estimate of drug-likeness (QED) is 0.539. The van der Waals surface area contributed by atoms with Crippen LogP contribution >= 0.6 is 0 Å². The highest BCUT2D eigenvalue weighted by molar-refractivity contribution is 5.89. The molecule has 0 heterocycles. The van der Waals surface area contributed by atoms with E-state index in [9.17, 15) is 9.59 Å². The molecule has 4 nitrogen and oxygen atoms in total. The number of carbonyl (C=O) groups excluding carboxylic acids is 2. The third kappa shape index (κ3) is 4.34. The van der Waals surface area contributed by atoms with Gasteiger partial charge in [-0.15, -0.1) is 0 Å². The van der Waals surface area contributed by atoms with Crippen LogP contribution in [0.15, 0.2) is 30.3 Å². The topological polar surface area (TPSA) is 52.6 Å². The van der Waals surface area contributed by atoms with Gasteiger partial charge in [0.15, 0.2) is 0 Å². The largest absolute Gasteiger partial charge is 0.465 e. The minimum atomic E-state index is -0.344. The smallest absolute Gasteiger partial charge is 0.338 e. The van der Waals surface area contributed by atoms with E-state index in [2.05, 4.69) is 6.92 Å². The maximum Gasteiger partial charge on any atom is 0.338 e. The number of unbranched alkanes of at least 4 members (excludes halogenated alkanes) is 2. The Morgan fingerprint density at radius 3 is 2.43 bits per heavy atom. The molecule has 1 aromatic rings. The summed E-state index contributed by atoms with van der Waals surface area (Å²) in [7, 11) is 0. The SMILES string of the molecule is CCCCCOC(=O)C1C(COC(=O)c2ccccc2)C1(C)C. The fraction of sp³-hybridized carbons (Fsp3) is 0.579. The molecule has 0 N–H and O–H groups in total. The number of rotatable bonds is 8. The molecule has 2 rings (SSSR count). The summed E-state index contributed by atoms with van der Waals surface area (Å²) in [6, 6.07) is 8.90. The average molecular weight is 318 g/mol. The van der Waals surface area contributed by atoms with Crippen LogP contribution < -0.4 is 0 Å². The van der Waals surface area contributed by atoms with Crippen molar-refractivity contribution in [3.63, 3.8) is 0 Å². The molecule has 2 atom stereocenters. The molecule has 2 unspecified atom stereocenters. The van der Waals surface area contributed by atoms with Crippen LogP contribution in [0.4, 0.5) is 0 Å². The summed E-state index contributed by atoms with van der Waals surface area (Å²) in [4.78, 5) is 24.1. The molecular formula is C19H26O4. The van der Waals surface area contributed by atoms with Crippen LogP contribution in [0, 0.1) is 17.3 Å². The normalized spacial score (nSPS) is 21.5. The van der Waals surface area contributed by atoms with E-state index in [0.717, 1.165) is 19.3 Å². The maximum atomic E-state index is 12.1. The lowest BCUT2D eigenvalue weighted by Crippen LogP contribution is -2.13. The van der Waals surface area contributed by atoms with E-state index < -0.39 is 0 Å². The molecular weight excluding hydrogens is 292 g/mol. The van der Waals surface area contributed by atoms with Gasteiger partial charge in [-0.1, -0.05) is 51.8 Å². The van der Waals surface area contributed by atoms with Gasteiger partial charge in [0.05, 0.1) is 24.7 Å². The molecule has 0 radical (unpaired) electrons. The van der Waals surface area contributed by atoms with E-state index in [1.165, 1.54) is 0 Å². The number of ether oxygens (including phenoxy) is 2. The molecule has 126 valence electrons. The first-order valence-electron chi connectivity index (χ1n) is 8.37. The van der Waals surface area contributed by atoms with E-state index in [1.807, 2.05) is 19.9 Å². The van der Waals surface area contributed by atoms with Crippen molar-refractivity contribution in [2.75, 3.05) is 13.2 Å². The van der Waals surface area contributed by atoms with Crippen molar-refractivity contribution in [3.8, 4) is 0 Å². The Kier molecular flexibility index (Phi) is 5.80. The molecule has 0 aliphatic heterocycles. The first-order chi connectivity index (χ1) is 11.0. The van der Waals surface area contributed by atoms with Gasteiger partial charge in [0.1, 0.15) is 0 Å². The number of carbonyl (C=O) groups is 2. The van der Waals surface area contributed by atoms with Crippen molar-refractivity contribution in [3.05, 3.63) is 35.9 Å². The van der Waals surface area contributed by atoms with E-state index in [1.54, 1.807) is 24.3 Å². The van der Waals surface area contributed by atoms with Gasteiger partial charge in [-0.05, 0) is 24.0 Å². The zero-order valence-corrected chi connectivity index (χ0v) is 14.2. The standard InChI is InChI=1S/C19H26O4/c1-4-5-9-12-22-18(21)16-15(19(16,2)3)13-23-17(20)14-10-7-6-8-11-14/h6-8,10-11,15-16H,4-5,9,12-13H2,1-3H3. The lowest BCUT2D eigenvalue weighted by Gasteiger charge is -2.05. The second-order valence-corrected chi connectivity index (χ2v) is 6.74. The zero-order valence-electron chi connectivity index (χ0n) is 14.2. The van der Waals surface area contributed by atoms with Crippen molar-refractivity contribution in [2.24, 2.45) is 17.3 Å². The highest BCUT2D eigenvalue weighted by Crippen LogP contribution is 2.58. The molecule has 4 heteroatoms. The number of esters is 2. The Morgan fingerprint density at radius 1 is 1.09 bits per heavy atom. The molecule has 23 heavy (non-hydrogen) atoms.